The average Bonchev–Trinajstić information content (AvgIpc) is 3.18. The van der Waals surface area contributed by atoms with Gasteiger partial charge in [-0.25, -0.2) is 4.98 Å². The van der Waals surface area contributed by atoms with E-state index in [1.54, 1.807) is 24.8 Å². The van der Waals surface area contributed by atoms with Crippen LogP contribution in [0.1, 0.15) is 30.8 Å². The summed E-state index contributed by atoms with van der Waals surface area (Å²) in [5, 5.41) is 3.05. The standard InChI is InChI=1S/C15H19N3O3/c1-2-18-6-5-16-15(18)14-12(4-8-21-14)17-13(19)9-11-3-7-20-10-11/h3,5-7,10,12,14H,2,4,8-9H2,1H3,(H,17,19)/t12-,14-/m0/s1. The monoisotopic (exact) mass is 289 g/mol. The molecular formula is C15H19N3O3. The van der Waals surface area contributed by atoms with E-state index in [-0.39, 0.29) is 18.1 Å². The second kappa shape index (κ2) is 6.13. The predicted octanol–water partition coefficient (Wildman–Crippen LogP) is 1.68. The normalized spacial score (nSPS) is 21.6. The van der Waals surface area contributed by atoms with Crippen LogP contribution in [0.25, 0.3) is 0 Å². The van der Waals surface area contributed by atoms with E-state index in [0.717, 1.165) is 24.4 Å². The second-order valence-corrected chi connectivity index (χ2v) is 5.13. The van der Waals surface area contributed by atoms with Crippen LogP contribution in [0.15, 0.2) is 35.4 Å². The van der Waals surface area contributed by atoms with Crippen molar-refractivity contribution in [1.29, 1.82) is 0 Å². The van der Waals surface area contributed by atoms with E-state index in [0.29, 0.717) is 13.0 Å². The number of ether oxygens (including phenoxy) is 1. The van der Waals surface area contributed by atoms with Gasteiger partial charge in [-0.05, 0) is 25.0 Å². The fourth-order valence-corrected chi connectivity index (χ4v) is 2.67. The van der Waals surface area contributed by atoms with E-state index in [2.05, 4.69) is 17.2 Å². The highest BCUT2D eigenvalue weighted by Gasteiger charge is 2.33. The number of carbonyl (C=O) groups excluding carboxylic acids is 1. The molecule has 3 heterocycles. The molecule has 1 N–H and O–H groups in total. The number of rotatable bonds is 5. The SMILES string of the molecule is CCn1ccnc1[C@H]1OCC[C@@H]1NC(=O)Cc1ccoc1. The molecule has 21 heavy (non-hydrogen) atoms. The summed E-state index contributed by atoms with van der Waals surface area (Å²) in [5.41, 5.74) is 0.873. The number of carbonyl (C=O) groups is 1. The lowest BCUT2D eigenvalue weighted by Gasteiger charge is -2.20. The Hall–Kier alpha value is -2.08. The highest BCUT2D eigenvalue weighted by atomic mass is 16.5. The van der Waals surface area contributed by atoms with E-state index in [1.165, 1.54) is 0 Å². The zero-order valence-corrected chi connectivity index (χ0v) is 12.0. The second-order valence-electron chi connectivity index (χ2n) is 5.13. The number of nitrogens with one attached hydrogen (secondary N) is 1. The molecule has 0 aromatic carbocycles. The van der Waals surface area contributed by atoms with Gasteiger partial charge in [-0.3, -0.25) is 4.79 Å². The van der Waals surface area contributed by atoms with E-state index < -0.39 is 0 Å². The molecule has 112 valence electrons. The van der Waals surface area contributed by atoms with Crippen LogP contribution < -0.4 is 5.32 Å². The Morgan fingerprint density at radius 2 is 2.48 bits per heavy atom. The van der Waals surface area contributed by atoms with Crippen molar-refractivity contribution < 1.29 is 13.9 Å². The van der Waals surface area contributed by atoms with Gasteiger partial charge in [0, 0.05) is 25.5 Å². The Kier molecular flexibility index (Phi) is 4.06. The molecule has 1 aliphatic rings. The Balaban J connectivity index is 1.65. The van der Waals surface area contributed by atoms with Gasteiger partial charge in [0.2, 0.25) is 5.91 Å². The van der Waals surface area contributed by atoms with Crippen LogP contribution in [-0.2, 0) is 22.5 Å². The maximum Gasteiger partial charge on any atom is 0.224 e. The van der Waals surface area contributed by atoms with Crippen molar-refractivity contribution in [1.82, 2.24) is 14.9 Å². The first-order valence-electron chi connectivity index (χ1n) is 7.21. The summed E-state index contributed by atoms with van der Waals surface area (Å²) in [7, 11) is 0. The van der Waals surface area contributed by atoms with E-state index in [1.807, 2.05) is 10.8 Å². The molecule has 1 saturated heterocycles. The number of hydrogen-bond acceptors (Lipinski definition) is 4. The molecule has 2 aromatic heterocycles. The van der Waals surface area contributed by atoms with Crippen molar-refractivity contribution in [2.45, 2.75) is 38.5 Å². The number of aryl methyl sites for hydroxylation is 1. The van der Waals surface area contributed by atoms with E-state index >= 15 is 0 Å². The smallest absolute Gasteiger partial charge is 0.224 e. The zero-order valence-electron chi connectivity index (χ0n) is 12.0. The fraction of sp³-hybridized carbons (Fsp3) is 0.467. The number of aromatic nitrogens is 2. The van der Waals surface area contributed by atoms with Crippen molar-refractivity contribution >= 4 is 5.91 Å². The number of furan rings is 1. The lowest BCUT2D eigenvalue weighted by Crippen LogP contribution is -2.38. The third-order valence-electron chi connectivity index (χ3n) is 3.73. The highest BCUT2D eigenvalue weighted by Crippen LogP contribution is 2.28. The van der Waals surface area contributed by atoms with Crippen LogP contribution in [0.3, 0.4) is 0 Å². The van der Waals surface area contributed by atoms with Crippen LogP contribution in [0, 0.1) is 0 Å². The zero-order chi connectivity index (χ0) is 14.7. The first kappa shape index (κ1) is 13.9. The fourth-order valence-electron chi connectivity index (χ4n) is 2.67. The maximum absolute atomic E-state index is 12.1. The van der Waals surface area contributed by atoms with Gasteiger partial charge in [0.1, 0.15) is 11.9 Å². The number of nitrogens with zero attached hydrogens (tertiary/aromatic N) is 2. The molecule has 0 radical (unpaired) electrons. The Bertz CT molecular complexity index is 591. The largest absolute Gasteiger partial charge is 0.472 e. The Morgan fingerprint density at radius 1 is 1.57 bits per heavy atom. The molecule has 6 nitrogen and oxygen atoms in total. The molecule has 2 aromatic rings. The van der Waals surface area contributed by atoms with Gasteiger partial charge in [0.25, 0.3) is 0 Å². The average molecular weight is 289 g/mol. The van der Waals surface area contributed by atoms with Crippen molar-refractivity contribution in [3.05, 3.63) is 42.4 Å². The molecule has 1 aliphatic heterocycles. The molecule has 2 atom stereocenters. The van der Waals surface area contributed by atoms with Gasteiger partial charge in [-0.15, -0.1) is 0 Å². The van der Waals surface area contributed by atoms with Gasteiger partial charge < -0.3 is 19.0 Å². The maximum atomic E-state index is 12.1. The molecule has 1 fully saturated rings. The van der Waals surface area contributed by atoms with E-state index in [9.17, 15) is 4.79 Å². The van der Waals surface area contributed by atoms with Crippen molar-refractivity contribution in [3.8, 4) is 0 Å². The first-order chi connectivity index (χ1) is 10.3. The minimum atomic E-state index is -0.173. The summed E-state index contributed by atoms with van der Waals surface area (Å²) in [6.45, 7) is 3.54. The molecule has 0 unspecified atom stereocenters. The van der Waals surface area contributed by atoms with Gasteiger partial charge >= 0.3 is 0 Å². The summed E-state index contributed by atoms with van der Waals surface area (Å²) in [4.78, 5) is 16.5. The third kappa shape index (κ3) is 3.00. The Morgan fingerprint density at radius 3 is 3.24 bits per heavy atom. The lowest BCUT2D eigenvalue weighted by molar-refractivity contribution is -0.121. The highest BCUT2D eigenvalue weighted by molar-refractivity contribution is 5.78. The molecular weight excluding hydrogens is 270 g/mol. The van der Waals surface area contributed by atoms with Crippen LogP contribution in [0.5, 0.6) is 0 Å². The van der Waals surface area contributed by atoms with Gasteiger partial charge in [-0.2, -0.15) is 0 Å². The van der Waals surface area contributed by atoms with E-state index in [4.69, 9.17) is 9.15 Å². The van der Waals surface area contributed by atoms with Crippen LogP contribution in [0.2, 0.25) is 0 Å². The Labute approximate surface area is 123 Å². The topological polar surface area (TPSA) is 69.3 Å². The molecule has 6 heteroatoms. The van der Waals surface area contributed by atoms with Crippen molar-refractivity contribution in [2.75, 3.05) is 6.61 Å². The predicted molar refractivity (Wildman–Crippen MR) is 75.6 cm³/mol. The minimum Gasteiger partial charge on any atom is -0.472 e. The summed E-state index contributed by atoms with van der Waals surface area (Å²) < 4.78 is 12.8. The molecule has 0 saturated carbocycles. The summed E-state index contributed by atoms with van der Waals surface area (Å²) in [5.74, 6) is 0.857. The minimum absolute atomic E-state index is 0.0218. The summed E-state index contributed by atoms with van der Waals surface area (Å²) >= 11 is 0. The lowest BCUT2D eigenvalue weighted by atomic mass is 10.1. The molecule has 3 rings (SSSR count). The molecule has 1 amide bonds. The summed E-state index contributed by atoms with van der Waals surface area (Å²) in [6, 6.07) is 1.77. The number of amides is 1. The molecule has 0 aliphatic carbocycles. The number of hydrogen-bond donors (Lipinski definition) is 1. The van der Waals surface area contributed by atoms with Crippen LogP contribution >= 0.6 is 0 Å². The molecule has 0 spiro atoms. The van der Waals surface area contributed by atoms with Crippen molar-refractivity contribution in [2.24, 2.45) is 0 Å². The van der Waals surface area contributed by atoms with Gasteiger partial charge in [-0.1, -0.05) is 0 Å². The first-order valence-corrected chi connectivity index (χ1v) is 7.21. The van der Waals surface area contributed by atoms with Crippen molar-refractivity contribution in [3.63, 3.8) is 0 Å². The summed E-state index contributed by atoms with van der Waals surface area (Å²) in [6.07, 6.45) is 7.81. The third-order valence-corrected chi connectivity index (χ3v) is 3.73. The number of imidazole rings is 1. The molecule has 0 bridgehead atoms. The van der Waals surface area contributed by atoms with Crippen LogP contribution in [-0.4, -0.2) is 28.1 Å². The van der Waals surface area contributed by atoms with Gasteiger partial charge in [0.15, 0.2) is 0 Å². The van der Waals surface area contributed by atoms with Gasteiger partial charge in [0.05, 0.1) is 25.0 Å². The quantitative estimate of drug-likeness (QED) is 0.909. The van der Waals surface area contributed by atoms with Crippen LogP contribution in [0.4, 0.5) is 0 Å².